The van der Waals surface area contributed by atoms with E-state index in [0.717, 1.165) is 61.5 Å². The molecule has 174 valence electrons. The second-order valence-corrected chi connectivity index (χ2v) is 9.53. The van der Waals surface area contributed by atoms with E-state index in [1.807, 2.05) is 19.2 Å². The molecule has 0 radical (unpaired) electrons. The third-order valence-electron chi connectivity index (χ3n) is 6.96. The van der Waals surface area contributed by atoms with Gasteiger partial charge in [0.05, 0.1) is 17.3 Å². The number of anilines is 1. The van der Waals surface area contributed by atoms with Gasteiger partial charge in [0.2, 0.25) is 0 Å². The quantitative estimate of drug-likeness (QED) is 0.570. The van der Waals surface area contributed by atoms with Crippen molar-refractivity contribution >= 4 is 17.4 Å². The minimum atomic E-state index is -1.08. The molecule has 33 heavy (non-hydrogen) atoms. The van der Waals surface area contributed by atoms with Crippen molar-refractivity contribution in [3.8, 4) is 0 Å². The highest BCUT2D eigenvalue weighted by Crippen LogP contribution is 2.33. The third-order valence-corrected chi connectivity index (χ3v) is 6.96. The van der Waals surface area contributed by atoms with Crippen molar-refractivity contribution < 1.29 is 13.6 Å². The van der Waals surface area contributed by atoms with Gasteiger partial charge in [-0.25, -0.2) is 18.3 Å². The zero-order valence-electron chi connectivity index (χ0n) is 19.3. The van der Waals surface area contributed by atoms with Crippen molar-refractivity contribution in [1.29, 1.82) is 0 Å². The molecule has 0 unspecified atom stereocenters. The molecular formula is C25H29F2N5O. The van der Waals surface area contributed by atoms with E-state index in [4.69, 9.17) is 10.1 Å². The van der Waals surface area contributed by atoms with Gasteiger partial charge < -0.3 is 9.80 Å². The molecule has 0 spiro atoms. The van der Waals surface area contributed by atoms with Crippen molar-refractivity contribution in [2.75, 3.05) is 24.5 Å². The summed E-state index contributed by atoms with van der Waals surface area (Å²) in [7, 11) is 0. The highest BCUT2D eigenvalue weighted by molar-refractivity contribution is 5.95. The van der Waals surface area contributed by atoms with Crippen LogP contribution in [-0.4, -0.2) is 45.0 Å². The number of hydrogen-bond donors (Lipinski definition) is 0. The van der Waals surface area contributed by atoms with Gasteiger partial charge in [-0.15, -0.1) is 0 Å². The number of piperidine rings is 1. The standard InChI is InChI=1S/C25H29F2N5O/c1-15-9-11-30(13-15)24-17(3)14-32-21(28-24)12-19(29-32)20-6-4-5-10-31(20)25(33)18-8-7-16(2)22(26)23(18)27/h7-8,12,14-15,20H,4-6,9-11,13H2,1-3H3/t15-,20-/m0/s1. The van der Waals surface area contributed by atoms with Crippen molar-refractivity contribution in [2.45, 2.75) is 52.5 Å². The number of rotatable bonds is 3. The van der Waals surface area contributed by atoms with E-state index in [2.05, 4.69) is 11.8 Å². The van der Waals surface area contributed by atoms with Gasteiger partial charge in [0.1, 0.15) is 5.82 Å². The molecule has 2 fully saturated rings. The lowest BCUT2D eigenvalue weighted by atomic mass is 9.98. The molecule has 8 heteroatoms. The Kier molecular flexibility index (Phi) is 5.54. The lowest BCUT2D eigenvalue weighted by Gasteiger charge is -2.34. The first-order valence-corrected chi connectivity index (χ1v) is 11.7. The molecule has 0 N–H and O–H groups in total. The number of halogens is 2. The van der Waals surface area contributed by atoms with Crippen LogP contribution in [0.3, 0.4) is 0 Å². The summed E-state index contributed by atoms with van der Waals surface area (Å²) in [4.78, 5) is 22.1. The molecule has 2 aromatic heterocycles. The Bertz CT molecular complexity index is 1220. The van der Waals surface area contributed by atoms with Crippen molar-refractivity contribution in [2.24, 2.45) is 5.92 Å². The van der Waals surface area contributed by atoms with Gasteiger partial charge in [0.25, 0.3) is 5.91 Å². The second-order valence-electron chi connectivity index (χ2n) is 9.53. The van der Waals surface area contributed by atoms with Crippen molar-refractivity contribution in [1.82, 2.24) is 19.5 Å². The first-order valence-electron chi connectivity index (χ1n) is 11.7. The number of carbonyl (C=O) groups is 1. The van der Waals surface area contributed by atoms with E-state index in [-0.39, 0.29) is 17.2 Å². The molecule has 4 heterocycles. The molecule has 2 aliphatic heterocycles. The number of benzene rings is 1. The maximum Gasteiger partial charge on any atom is 0.257 e. The zero-order chi connectivity index (χ0) is 23.3. The Balaban J connectivity index is 1.48. The number of fused-ring (bicyclic) bond motifs is 1. The first-order chi connectivity index (χ1) is 15.8. The average molecular weight is 454 g/mol. The van der Waals surface area contributed by atoms with Crippen LogP contribution in [0, 0.1) is 31.4 Å². The number of aryl methyl sites for hydroxylation is 2. The summed E-state index contributed by atoms with van der Waals surface area (Å²) in [6, 6.07) is 4.44. The Morgan fingerprint density at radius 1 is 1.06 bits per heavy atom. The van der Waals surface area contributed by atoms with Crippen LogP contribution in [0.25, 0.3) is 5.65 Å². The summed E-state index contributed by atoms with van der Waals surface area (Å²) in [6.07, 6.45) is 5.62. The van der Waals surface area contributed by atoms with Gasteiger partial charge in [-0.05, 0) is 57.1 Å². The number of nitrogens with zero attached hydrogens (tertiary/aromatic N) is 5. The fourth-order valence-electron chi connectivity index (χ4n) is 5.08. The third kappa shape index (κ3) is 3.85. The van der Waals surface area contributed by atoms with E-state index in [1.165, 1.54) is 19.1 Å². The van der Waals surface area contributed by atoms with Crippen LogP contribution in [0.4, 0.5) is 14.6 Å². The fraction of sp³-hybridized carbons (Fsp3) is 0.480. The molecule has 1 aromatic carbocycles. The summed E-state index contributed by atoms with van der Waals surface area (Å²) in [5.74, 6) is -0.917. The molecule has 3 aromatic rings. The van der Waals surface area contributed by atoms with E-state index in [1.54, 1.807) is 9.42 Å². The van der Waals surface area contributed by atoms with Crippen molar-refractivity contribution in [3.05, 3.63) is 58.4 Å². The van der Waals surface area contributed by atoms with Crippen LogP contribution in [0.5, 0.6) is 0 Å². The minimum Gasteiger partial charge on any atom is -0.356 e. The van der Waals surface area contributed by atoms with E-state index >= 15 is 0 Å². The topological polar surface area (TPSA) is 53.7 Å². The maximum atomic E-state index is 14.6. The molecule has 0 aliphatic carbocycles. The van der Waals surface area contributed by atoms with Gasteiger partial charge in [0, 0.05) is 37.5 Å². The van der Waals surface area contributed by atoms with Crippen molar-refractivity contribution in [3.63, 3.8) is 0 Å². The highest BCUT2D eigenvalue weighted by atomic mass is 19.2. The smallest absolute Gasteiger partial charge is 0.257 e. The van der Waals surface area contributed by atoms with E-state index in [9.17, 15) is 13.6 Å². The number of carbonyl (C=O) groups excluding carboxylic acids is 1. The number of likely N-dealkylation sites (tertiary alicyclic amines) is 1. The summed E-state index contributed by atoms with van der Waals surface area (Å²) < 4.78 is 30.5. The number of hydrogen-bond acceptors (Lipinski definition) is 4. The van der Waals surface area contributed by atoms with Gasteiger partial charge >= 0.3 is 0 Å². The fourth-order valence-corrected chi connectivity index (χ4v) is 5.08. The molecule has 5 rings (SSSR count). The molecule has 6 nitrogen and oxygen atoms in total. The van der Waals surface area contributed by atoms with Crippen LogP contribution < -0.4 is 4.90 Å². The first kappa shape index (κ1) is 21.8. The Morgan fingerprint density at radius 2 is 1.88 bits per heavy atom. The molecule has 0 saturated carbocycles. The highest BCUT2D eigenvalue weighted by Gasteiger charge is 2.33. The summed E-state index contributed by atoms with van der Waals surface area (Å²) in [6.45, 7) is 8.25. The van der Waals surface area contributed by atoms with Crippen LogP contribution in [0.15, 0.2) is 24.4 Å². The Labute approximate surface area is 192 Å². The zero-order valence-corrected chi connectivity index (χ0v) is 19.3. The van der Waals surface area contributed by atoms with Gasteiger partial charge in [-0.1, -0.05) is 13.0 Å². The van der Waals surface area contributed by atoms with Gasteiger partial charge in [-0.3, -0.25) is 4.79 Å². The average Bonchev–Trinajstić information content (AvgIpc) is 3.42. The van der Waals surface area contributed by atoms with Crippen LogP contribution >= 0.6 is 0 Å². The predicted octanol–water partition coefficient (Wildman–Crippen LogP) is 4.84. The molecular weight excluding hydrogens is 424 g/mol. The van der Waals surface area contributed by atoms with Crippen LogP contribution in [-0.2, 0) is 0 Å². The van der Waals surface area contributed by atoms with Crippen LogP contribution in [0.2, 0.25) is 0 Å². The number of amides is 1. The van der Waals surface area contributed by atoms with Gasteiger partial charge in [0.15, 0.2) is 17.3 Å². The molecule has 0 bridgehead atoms. The molecule has 2 saturated heterocycles. The molecule has 1 amide bonds. The second kappa shape index (κ2) is 8.39. The normalized spacial score (nSPS) is 21.2. The number of aromatic nitrogens is 3. The summed E-state index contributed by atoms with van der Waals surface area (Å²) in [5.41, 5.74) is 2.48. The minimum absolute atomic E-state index is 0.184. The van der Waals surface area contributed by atoms with Crippen LogP contribution in [0.1, 0.15) is 65.8 Å². The van der Waals surface area contributed by atoms with E-state index in [0.29, 0.717) is 12.5 Å². The molecule has 2 aliphatic rings. The van der Waals surface area contributed by atoms with E-state index < -0.39 is 17.5 Å². The Morgan fingerprint density at radius 3 is 2.64 bits per heavy atom. The largest absolute Gasteiger partial charge is 0.356 e. The lowest BCUT2D eigenvalue weighted by molar-refractivity contribution is 0.0599. The van der Waals surface area contributed by atoms with Gasteiger partial charge in [-0.2, -0.15) is 5.10 Å². The maximum absolute atomic E-state index is 14.6. The lowest BCUT2D eigenvalue weighted by Crippen LogP contribution is -2.39. The predicted molar refractivity (Wildman–Crippen MR) is 122 cm³/mol. The summed E-state index contributed by atoms with van der Waals surface area (Å²) in [5, 5.41) is 4.73. The molecule has 2 atom stereocenters. The summed E-state index contributed by atoms with van der Waals surface area (Å²) >= 11 is 0. The SMILES string of the molecule is Cc1cn2nc([C@@H]3CCCCN3C(=O)c3ccc(C)c(F)c3F)cc2nc1N1CC[C@H](C)C1. The monoisotopic (exact) mass is 453 g/mol. The Hall–Kier alpha value is -3.03.